The summed E-state index contributed by atoms with van der Waals surface area (Å²) in [4.78, 5) is 12.3. The average Bonchev–Trinajstić information content (AvgIpc) is 2.70. The van der Waals surface area contributed by atoms with E-state index in [2.05, 4.69) is 0 Å². The van der Waals surface area contributed by atoms with Crippen LogP contribution in [0.1, 0.15) is 57.2 Å². The maximum absolute atomic E-state index is 12.6. The predicted octanol–water partition coefficient (Wildman–Crippen LogP) is 5.68. The Hall–Kier alpha value is -2.96. The Morgan fingerprint density at radius 2 is 1.59 bits per heavy atom. The van der Waals surface area contributed by atoms with Gasteiger partial charge in [0.05, 0.1) is 0 Å². The molecule has 0 radical (unpaired) electrons. The van der Waals surface area contributed by atoms with Crippen molar-refractivity contribution < 1.29 is 22.9 Å². The Labute approximate surface area is 189 Å². The first-order valence-electron chi connectivity index (χ1n) is 10.5. The van der Waals surface area contributed by atoms with Gasteiger partial charge in [-0.25, -0.2) is 0 Å². The number of allylic oxidation sites excluding steroid dienone is 5. The molecule has 5 nitrogen and oxygen atoms in total. The number of carbonyl (C=O) groups excluding carboxylic acids is 1. The second-order valence-electron chi connectivity index (χ2n) is 8.63. The molecule has 0 fully saturated rings. The summed E-state index contributed by atoms with van der Waals surface area (Å²) >= 11 is 0. The van der Waals surface area contributed by atoms with E-state index < -0.39 is 10.1 Å². The lowest BCUT2D eigenvalue weighted by Gasteiger charge is -2.22. The number of aromatic hydroxyl groups is 1. The van der Waals surface area contributed by atoms with Crippen molar-refractivity contribution in [3.63, 3.8) is 0 Å². The molecule has 0 bridgehead atoms. The van der Waals surface area contributed by atoms with Crippen LogP contribution in [0.5, 0.6) is 5.75 Å². The van der Waals surface area contributed by atoms with E-state index in [1.54, 1.807) is 49.4 Å². The minimum absolute atomic E-state index is 0.0223. The molecule has 0 heterocycles. The first-order valence-corrected chi connectivity index (χ1v) is 11.9. The fourth-order valence-corrected chi connectivity index (χ4v) is 4.64. The Bertz CT molecular complexity index is 1280. The zero-order valence-electron chi connectivity index (χ0n) is 18.9. The van der Waals surface area contributed by atoms with E-state index in [1.807, 2.05) is 33.8 Å². The molecule has 6 heteroatoms. The van der Waals surface area contributed by atoms with Gasteiger partial charge in [0.25, 0.3) is 10.1 Å². The lowest BCUT2D eigenvalue weighted by molar-refractivity contribution is -0.111. The fourth-order valence-electron chi connectivity index (χ4n) is 3.95. The normalized spacial score (nSPS) is 16.3. The van der Waals surface area contributed by atoms with Gasteiger partial charge in [0.1, 0.15) is 10.6 Å². The van der Waals surface area contributed by atoms with E-state index in [1.165, 1.54) is 6.07 Å². The molecule has 32 heavy (non-hydrogen) atoms. The zero-order valence-corrected chi connectivity index (χ0v) is 19.7. The van der Waals surface area contributed by atoms with Crippen molar-refractivity contribution in [2.24, 2.45) is 5.92 Å². The maximum atomic E-state index is 12.6. The summed E-state index contributed by atoms with van der Waals surface area (Å²) in [7, 11) is -4.51. The molecule has 1 aliphatic rings. The third-order valence-corrected chi connectivity index (χ3v) is 6.53. The predicted molar refractivity (Wildman–Crippen MR) is 126 cm³/mol. The molecular formula is C26H28O5S. The summed E-state index contributed by atoms with van der Waals surface area (Å²) in [6.07, 6.45) is 3.37. The summed E-state index contributed by atoms with van der Waals surface area (Å²) < 4.78 is 34.4. The molecule has 2 N–H and O–H groups in total. The SMILES string of the molecule is CC1=CC(=O)C(C(C)C)=CC1=C(c1ccc(O)c(C(C)C)c1)c1ccccc1S(=O)(=O)O. The van der Waals surface area contributed by atoms with Crippen LogP contribution >= 0.6 is 0 Å². The third kappa shape index (κ3) is 4.61. The van der Waals surface area contributed by atoms with E-state index in [-0.39, 0.29) is 28.3 Å². The van der Waals surface area contributed by atoms with Crippen molar-refractivity contribution in [1.82, 2.24) is 0 Å². The molecule has 0 saturated carbocycles. The van der Waals surface area contributed by atoms with Crippen LogP contribution in [0.2, 0.25) is 0 Å². The number of rotatable bonds is 5. The van der Waals surface area contributed by atoms with Crippen LogP contribution in [0.4, 0.5) is 0 Å². The summed E-state index contributed by atoms with van der Waals surface area (Å²) in [5.74, 6) is 0.0909. The first kappa shape index (κ1) is 23.7. The van der Waals surface area contributed by atoms with Gasteiger partial charge in [-0.15, -0.1) is 0 Å². The van der Waals surface area contributed by atoms with Gasteiger partial charge in [0.2, 0.25) is 0 Å². The van der Waals surface area contributed by atoms with Crippen molar-refractivity contribution in [2.75, 3.05) is 0 Å². The highest BCUT2D eigenvalue weighted by Gasteiger charge is 2.25. The number of carbonyl (C=O) groups is 1. The number of phenols is 1. The van der Waals surface area contributed by atoms with Gasteiger partial charge in [-0.3, -0.25) is 9.35 Å². The highest BCUT2D eigenvalue weighted by Crippen LogP contribution is 2.39. The second-order valence-corrected chi connectivity index (χ2v) is 10.0. The highest BCUT2D eigenvalue weighted by atomic mass is 32.2. The zero-order chi connectivity index (χ0) is 23.8. The van der Waals surface area contributed by atoms with Crippen LogP contribution in [0.15, 0.2) is 76.2 Å². The smallest absolute Gasteiger partial charge is 0.295 e. The Balaban J connectivity index is 2.48. The lowest BCUT2D eigenvalue weighted by atomic mass is 9.82. The van der Waals surface area contributed by atoms with Crippen LogP contribution in [0.25, 0.3) is 5.57 Å². The molecule has 0 amide bonds. The van der Waals surface area contributed by atoms with Crippen LogP contribution in [-0.2, 0) is 14.9 Å². The minimum atomic E-state index is -4.51. The molecule has 3 rings (SSSR count). The van der Waals surface area contributed by atoms with Crippen LogP contribution in [0.3, 0.4) is 0 Å². The number of hydrogen-bond donors (Lipinski definition) is 2. The Morgan fingerprint density at radius 3 is 2.19 bits per heavy atom. The molecule has 168 valence electrons. The van der Waals surface area contributed by atoms with Crippen molar-refractivity contribution in [1.29, 1.82) is 0 Å². The second kappa shape index (κ2) is 8.88. The van der Waals surface area contributed by atoms with Crippen LogP contribution in [0, 0.1) is 5.92 Å². The van der Waals surface area contributed by atoms with Gasteiger partial charge in [0, 0.05) is 11.1 Å². The molecular weight excluding hydrogens is 424 g/mol. The monoisotopic (exact) mass is 452 g/mol. The number of benzene rings is 2. The van der Waals surface area contributed by atoms with Crippen LogP contribution in [-0.4, -0.2) is 23.9 Å². The van der Waals surface area contributed by atoms with Gasteiger partial charge >= 0.3 is 0 Å². The summed E-state index contributed by atoms with van der Waals surface area (Å²) in [6.45, 7) is 9.58. The van der Waals surface area contributed by atoms with E-state index in [0.717, 1.165) is 0 Å². The van der Waals surface area contributed by atoms with Gasteiger partial charge in [-0.2, -0.15) is 8.42 Å². The molecule has 0 saturated heterocycles. The van der Waals surface area contributed by atoms with E-state index in [9.17, 15) is 22.9 Å². The molecule has 0 atom stereocenters. The number of ketones is 1. The van der Waals surface area contributed by atoms with E-state index in [0.29, 0.717) is 39.0 Å². The number of phenolic OH excluding ortho intramolecular Hbond substituents is 1. The van der Waals surface area contributed by atoms with Crippen molar-refractivity contribution in [3.05, 3.63) is 88.0 Å². The van der Waals surface area contributed by atoms with Crippen molar-refractivity contribution in [2.45, 2.75) is 45.4 Å². The average molecular weight is 453 g/mol. The Morgan fingerprint density at radius 1 is 0.938 bits per heavy atom. The standard InChI is InChI=1S/C26H28O5S/c1-15(2)20-13-18(10-11-23(20)27)26(19-8-6-7-9-25(19)32(29,30)31)22-14-21(16(3)4)24(28)12-17(22)5/h6-16,27H,1-5H3,(H,29,30,31). The van der Waals surface area contributed by atoms with Gasteiger partial charge in [-0.05, 0) is 77.0 Å². The lowest BCUT2D eigenvalue weighted by Crippen LogP contribution is -2.13. The van der Waals surface area contributed by atoms with Crippen molar-refractivity contribution in [3.8, 4) is 5.75 Å². The molecule has 2 aromatic rings. The van der Waals surface area contributed by atoms with E-state index >= 15 is 0 Å². The third-order valence-electron chi connectivity index (χ3n) is 5.62. The first-order chi connectivity index (χ1) is 14.9. The fraction of sp³-hybridized carbons (Fsp3) is 0.269. The van der Waals surface area contributed by atoms with Gasteiger partial charge in [-0.1, -0.05) is 52.0 Å². The summed E-state index contributed by atoms with van der Waals surface area (Å²) in [5.41, 5.74) is 4.30. The number of hydrogen-bond acceptors (Lipinski definition) is 4. The molecule has 2 aromatic carbocycles. The molecule has 0 unspecified atom stereocenters. The molecule has 0 spiro atoms. The van der Waals surface area contributed by atoms with Gasteiger partial charge in [0.15, 0.2) is 5.78 Å². The Kier molecular flexibility index (Phi) is 6.58. The molecule has 0 aromatic heterocycles. The van der Waals surface area contributed by atoms with Crippen LogP contribution < -0.4 is 0 Å². The molecule has 0 aliphatic heterocycles. The topological polar surface area (TPSA) is 91.7 Å². The summed E-state index contributed by atoms with van der Waals surface area (Å²) in [6, 6.07) is 11.4. The maximum Gasteiger partial charge on any atom is 0.295 e. The van der Waals surface area contributed by atoms with Crippen molar-refractivity contribution >= 4 is 21.5 Å². The van der Waals surface area contributed by atoms with Gasteiger partial charge < -0.3 is 5.11 Å². The highest BCUT2D eigenvalue weighted by molar-refractivity contribution is 7.86. The van der Waals surface area contributed by atoms with E-state index in [4.69, 9.17) is 0 Å². The quantitative estimate of drug-likeness (QED) is 0.570. The molecule has 1 aliphatic carbocycles. The minimum Gasteiger partial charge on any atom is -0.508 e. The largest absolute Gasteiger partial charge is 0.508 e. The summed E-state index contributed by atoms with van der Waals surface area (Å²) in [5, 5.41) is 10.3.